The third kappa shape index (κ3) is 2.32. The second-order valence-corrected chi connectivity index (χ2v) is 3.90. The molecule has 0 saturated carbocycles. The molecule has 0 aliphatic heterocycles. The lowest BCUT2D eigenvalue weighted by Crippen LogP contribution is -2.16. The highest BCUT2D eigenvalue weighted by Gasteiger charge is 2.19. The van der Waals surface area contributed by atoms with Gasteiger partial charge in [0.05, 0.1) is 6.07 Å². The molecule has 2 unspecified atom stereocenters. The van der Waals surface area contributed by atoms with Gasteiger partial charge in [-0.05, 0) is 24.1 Å². The second kappa shape index (κ2) is 4.56. The zero-order valence-electron chi connectivity index (χ0n) is 7.61. The zero-order valence-corrected chi connectivity index (χ0v) is 9.19. The molecule has 0 radical (unpaired) electrons. The first-order chi connectivity index (χ1) is 6.56. The summed E-state index contributed by atoms with van der Waals surface area (Å²) in [4.78, 5) is 0. The quantitative estimate of drug-likeness (QED) is 0.791. The van der Waals surface area contributed by atoms with Crippen molar-refractivity contribution in [2.75, 3.05) is 0 Å². The van der Waals surface area contributed by atoms with E-state index in [0.29, 0.717) is 10.0 Å². The SMILES string of the molecule is Cc1ccc(C(O)C(O)C#N)c(Br)c1. The molecule has 1 rings (SSSR count). The van der Waals surface area contributed by atoms with Crippen molar-refractivity contribution in [2.45, 2.75) is 19.1 Å². The van der Waals surface area contributed by atoms with Gasteiger partial charge >= 0.3 is 0 Å². The lowest BCUT2D eigenvalue weighted by molar-refractivity contribution is 0.0523. The molecule has 2 N–H and O–H groups in total. The molecular weight excluding hydrogens is 246 g/mol. The summed E-state index contributed by atoms with van der Waals surface area (Å²) in [6.07, 6.45) is -2.57. The van der Waals surface area contributed by atoms with Crippen LogP contribution < -0.4 is 0 Å². The van der Waals surface area contributed by atoms with Crippen molar-refractivity contribution in [1.82, 2.24) is 0 Å². The smallest absolute Gasteiger partial charge is 0.170 e. The van der Waals surface area contributed by atoms with Crippen LogP contribution in [0.1, 0.15) is 17.2 Å². The van der Waals surface area contributed by atoms with Gasteiger partial charge in [-0.2, -0.15) is 5.26 Å². The highest BCUT2D eigenvalue weighted by Crippen LogP contribution is 2.26. The number of halogens is 1. The number of aryl methyl sites for hydroxylation is 1. The fourth-order valence-electron chi connectivity index (χ4n) is 1.11. The largest absolute Gasteiger partial charge is 0.385 e. The number of aliphatic hydroxyl groups is 2. The van der Waals surface area contributed by atoms with Gasteiger partial charge in [0.25, 0.3) is 0 Å². The van der Waals surface area contributed by atoms with E-state index >= 15 is 0 Å². The lowest BCUT2D eigenvalue weighted by atomic mass is 10.0. The van der Waals surface area contributed by atoms with E-state index in [1.54, 1.807) is 12.1 Å². The molecule has 0 aliphatic rings. The van der Waals surface area contributed by atoms with E-state index in [0.717, 1.165) is 5.56 Å². The van der Waals surface area contributed by atoms with E-state index < -0.39 is 12.2 Å². The third-order valence-corrected chi connectivity index (χ3v) is 2.59. The van der Waals surface area contributed by atoms with Gasteiger partial charge in [0.1, 0.15) is 6.10 Å². The predicted molar refractivity (Wildman–Crippen MR) is 55.5 cm³/mol. The fraction of sp³-hybridized carbons (Fsp3) is 0.300. The molecular formula is C10H10BrNO2. The Morgan fingerprint density at radius 1 is 1.43 bits per heavy atom. The maximum atomic E-state index is 9.56. The summed E-state index contributed by atoms with van der Waals surface area (Å²) in [5.41, 5.74) is 1.56. The van der Waals surface area contributed by atoms with Crippen LogP contribution in [-0.2, 0) is 0 Å². The maximum absolute atomic E-state index is 9.56. The van der Waals surface area contributed by atoms with Gasteiger partial charge in [-0.1, -0.05) is 28.1 Å². The number of rotatable bonds is 2. The third-order valence-electron chi connectivity index (χ3n) is 1.91. The zero-order chi connectivity index (χ0) is 10.7. The van der Waals surface area contributed by atoms with Crippen LogP contribution in [0.5, 0.6) is 0 Å². The molecule has 0 heterocycles. The van der Waals surface area contributed by atoms with Crippen molar-refractivity contribution in [3.63, 3.8) is 0 Å². The Morgan fingerprint density at radius 2 is 2.07 bits per heavy atom. The summed E-state index contributed by atoms with van der Waals surface area (Å²) >= 11 is 3.26. The molecule has 0 saturated heterocycles. The van der Waals surface area contributed by atoms with Gasteiger partial charge in [-0.25, -0.2) is 0 Å². The van der Waals surface area contributed by atoms with Crippen molar-refractivity contribution in [3.8, 4) is 6.07 Å². The van der Waals surface area contributed by atoms with Crippen LogP contribution >= 0.6 is 15.9 Å². The number of hydrogen-bond donors (Lipinski definition) is 2. The molecule has 0 spiro atoms. The Labute approximate surface area is 90.7 Å². The van der Waals surface area contributed by atoms with Crippen LogP contribution in [0.15, 0.2) is 22.7 Å². The van der Waals surface area contributed by atoms with E-state index in [2.05, 4.69) is 15.9 Å². The van der Waals surface area contributed by atoms with E-state index in [-0.39, 0.29) is 0 Å². The molecule has 0 amide bonds. The molecule has 3 nitrogen and oxygen atoms in total. The number of hydrogen-bond acceptors (Lipinski definition) is 3. The highest BCUT2D eigenvalue weighted by molar-refractivity contribution is 9.10. The molecule has 14 heavy (non-hydrogen) atoms. The Kier molecular flexibility index (Phi) is 3.64. The number of aliphatic hydroxyl groups excluding tert-OH is 2. The van der Waals surface area contributed by atoms with Crippen LogP contribution in [-0.4, -0.2) is 16.3 Å². The van der Waals surface area contributed by atoms with Crippen LogP contribution in [0.2, 0.25) is 0 Å². The first kappa shape index (κ1) is 11.2. The average molecular weight is 256 g/mol. The first-order valence-corrected chi connectivity index (χ1v) is 4.87. The minimum atomic E-state index is -1.39. The van der Waals surface area contributed by atoms with E-state index in [4.69, 9.17) is 10.4 Å². The molecule has 0 aliphatic carbocycles. The van der Waals surface area contributed by atoms with Gasteiger partial charge in [0, 0.05) is 4.47 Å². The Bertz CT molecular complexity index is 373. The van der Waals surface area contributed by atoms with Crippen LogP contribution in [0, 0.1) is 18.3 Å². The molecule has 1 aromatic carbocycles. The Balaban J connectivity index is 3.03. The summed E-state index contributed by atoms with van der Waals surface area (Å²) in [5, 5.41) is 27.1. The highest BCUT2D eigenvalue weighted by atomic mass is 79.9. The fourth-order valence-corrected chi connectivity index (χ4v) is 1.84. The molecule has 1 aromatic rings. The maximum Gasteiger partial charge on any atom is 0.170 e. The molecule has 0 fully saturated rings. The Hall–Kier alpha value is -0.890. The summed E-state index contributed by atoms with van der Waals surface area (Å²) in [6.45, 7) is 1.92. The summed E-state index contributed by atoms with van der Waals surface area (Å²) in [6, 6.07) is 6.91. The standard InChI is InChI=1S/C10H10BrNO2/c1-6-2-3-7(8(11)4-6)10(14)9(13)5-12/h2-4,9-10,13-14H,1H3. The van der Waals surface area contributed by atoms with Gasteiger partial charge in [-0.3, -0.25) is 0 Å². The molecule has 0 aromatic heterocycles. The van der Waals surface area contributed by atoms with Crippen LogP contribution in [0.25, 0.3) is 0 Å². The topological polar surface area (TPSA) is 64.2 Å². The van der Waals surface area contributed by atoms with Crippen molar-refractivity contribution >= 4 is 15.9 Å². The lowest BCUT2D eigenvalue weighted by Gasteiger charge is -2.13. The van der Waals surface area contributed by atoms with Gasteiger partial charge in [0.15, 0.2) is 6.10 Å². The second-order valence-electron chi connectivity index (χ2n) is 3.04. The van der Waals surface area contributed by atoms with E-state index in [9.17, 15) is 5.11 Å². The normalized spacial score (nSPS) is 14.5. The number of benzene rings is 1. The molecule has 0 bridgehead atoms. The van der Waals surface area contributed by atoms with Crippen LogP contribution in [0.4, 0.5) is 0 Å². The monoisotopic (exact) mass is 255 g/mol. The van der Waals surface area contributed by atoms with E-state index in [1.807, 2.05) is 19.1 Å². The molecule has 4 heteroatoms. The van der Waals surface area contributed by atoms with Crippen molar-refractivity contribution in [1.29, 1.82) is 5.26 Å². The summed E-state index contributed by atoms with van der Waals surface area (Å²) < 4.78 is 0.694. The van der Waals surface area contributed by atoms with Gasteiger partial charge in [0.2, 0.25) is 0 Å². The molecule has 2 atom stereocenters. The van der Waals surface area contributed by atoms with Crippen molar-refractivity contribution in [2.24, 2.45) is 0 Å². The number of nitriles is 1. The minimum absolute atomic E-state index is 0.518. The van der Waals surface area contributed by atoms with Crippen LogP contribution in [0.3, 0.4) is 0 Å². The van der Waals surface area contributed by atoms with Crippen molar-refractivity contribution < 1.29 is 10.2 Å². The first-order valence-electron chi connectivity index (χ1n) is 4.08. The van der Waals surface area contributed by atoms with Gasteiger partial charge < -0.3 is 10.2 Å². The average Bonchev–Trinajstić information content (AvgIpc) is 2.15. The molecule has 74 valence electrons. The summed E-state index contributed by atoms with van der Waals surface area (Å²) in [7, 11) is 0. The summed E-state index contributed by atoms with van der Waals surface area (Å²) in [5.74, 6) is 0. The number of nitrogens with zero attached hydrogens (tertiary/aromatic N) is 1. The van der Waals surface area contributed by atoms with Gasteiger partial charge in [-0.15, -0.1) is 0 Å². The Morgan fingerprint density at radius 3 is 2.57 bits per heavy atom. The van der Waals surface area contributed by atoms with Crippen molar-refractivity contribution in [3.05, 3.63) is 33.8 Å². The van der Waals surface area contributed by atoms with E-state index in [1.165, 1.54) is 0 Å². The predicted octanol–water partition coefficient (Wildman–Crippen LogP) is 1.68. The minimum Gasteiger partial charge on any atom is -0.385 e.